The van der Waals surface area contributed by atoms with Gasteiger partial charge in [0.25, 0.3) is 11.5 Å². The molecule has 0 spiro atoms. The summed E-state index contributed by atoms with van der Waals surface area (Å²) < 4.78 is 49.6. The number of carbonyl (C=O) groups is 2. The maximum Gasteiger partial charge on any atom is 0.416 e. The van der Waals surface area contributed by atoms with Crippen LogP contribution in [0.4, 0.5) is 24.5 Å². The SMILES string of the molecule is CCc1c(N2CCN(C(=O)c3ncnc(C)c3O)CC2)c(=O)n2nc(-c3ccc4c(c3)OCC4)nc2n1CC(=O)Nc1c(Cl)cc(C(F)(F)F)c2c1CC2. The van der Waals surface area contributed by atoms with E-state index in [2.05, 4.69) is 20.4 Å². The average molecular weight is 764 g/mol. The Hall–Kier alpha value is -5.71. The molecule has 8 rings (SSSR count). The fourth-order valence-corrected chi connectivity index (χ4v) is 7.62. The summed E-state index contributed by atoms with van der Waals surface area (Å²) in [6.45, 7) is 4.41. The lowest BCUT2D eigenvalue weighted by molar-refractivity contribution is -0.138. The minimum absolute atomic E-state index is 0.0853. The van der Waals surface area contributed by atoms with Gasteiger partial charge in [0.05, 0.1) is 34.3 Å². The Kier molecular flexibility index (Phi) is 8.70. The van der Waals surface area contributed by atoms with Crippen molar-refractivity contribution in [2.45, 2.75) is 52.3 Å². The van der Waals surface area contributed by atoms with E-state index in [1.165, 1.54) is 11.2 Å². The Morgan fingerprint density at radius 3 is 2.52 bits per heavy atom. The van der Waals surface area contributed by atoms with Crippen LogP contribution in [-0.4, -0.2) is 83.7 Å². The molecule has 1 fully saturated rings. The van der Waals surface area contributed by atoms with Crippen molar-refractivity contribution < 1.29 is 32.6 Å². The zero-order valence-corrected chi connectivity index (χ0v) is 29.9. The summed E-state index contributed by atoms with van der Waals surface area (Å²) >= 11 is 6.34. The minimum Gasteiger partial charge on any atom is -0.504 e. The summed E-state index contributed by atoms with van der Waals surface area (Å²) in [5, 5.41) is 17.5. The van der Waals surface area contributed by atoms with Crippen LogP contribution in [0.15, 0.2) is 35.4 Å². The van der Waals surface area contributed by atoms with E-state index < -0.39 is 29.1 Å². The molecule has 1 saturated heterocycles. The van der Waals surface area contributed by atoms with Gasteiger partial charge in [0.15, 0.2) is 17.3 Å². The van der Waals surface area contributed by atoms with E-state index in [1.807, 2.05) is 24.0 Å². The van der Waals surface area contributed by atoms with Crippen LogP contribution < -0.4 is 20.5 Å². The van der Waals surface area contributed by atoms with Crippen molar-refractivity contribution in [3.63, 3.8) is 0 Å². The molecule has 2 aromatic carbocycles. The number of amides is 2. The molecule has 1 aliphatic carbocycles. The number of benzene rings is 2. The molecule has 2 N–H and O–H groups in total. The van der Waals surface area contributed by atoms with Gasteiger partial charge in [0.2, 0.25) is 11.7 Å². The second-order valence-electron chi connectivity index (χ2n) is 13.3. The number of fused-ring (bicyclic) bond motifs is 3. The Morgan fingerprint density at radius 1 is 1.06 bits per heavy atom. The first-order chi connectivity index (χ1) is 25.8. The summed E-state index contributed by atoms with van der Waals surface area (Å²) in [5.41, 5.74) is 1.79. The first-order valence-corrected chi connectivity index (χ1v) is 17.8. The van der Waals surface area contributed by atoms with Gasteiger partial charge < -0.3 is 29.5 Å². The van der Waals surface area contributed by atoms with Crippen LogP contribution in [0.25, 0.3) is 17.2 Å². The number of rotatable bonds is 7. The van der Waals surface area contributed by atoms with Crippen LogP contribution in [0.3, 0.4) is 0 Å². The number of piperazine rings is 1. The summed E-state index contributed by atoms with van der Waals surface area (Å²) in [6, 6.07) is 6.39. The number of alkyl halides is 3. The van der Waals surface area contributed by atoms with E-state index >= 15 is 0 Å². The highest BCUT2D eigenvalue weighted by Gasteiger charge is 2.39. The van der Waals surface area contributed by atoms with E-state index in [9.17, 15) is 32.7 Å². The molecule has 0 unspecified atom stereocenters. The van der Waals surface area contributed by atoms with E-state index in [1.54, 1.807) is 17.6 Å². The molecule has 0 saturated carbocycles. The fraction of sp³-hybridized carbons (Fsp3) is 0.361. The number of hydrogen-bond acceptors (Lipinski definition) is 10. The van der Waals surface area contributed by atoms with Gasteiger partial charge >= 0.3 is 6.18 Å². The number of anilines is 2. The van der Waals surface area contributed by atoms with Gasteiger partial charge in [-0.1, -0.05) is 30.7 Å². The lowest BCUT2D eigenvalue weighted by atomic mass is 9.83. The fourth-order valence-electron chi connectivity index (χ4n) is 7.35. The highest BCUT2D eigenvalue weighted by Crippen LogP contribution is 2.44. The highest BCUT2D eigenvalue weighted by molar-refractivity contribution is 6.34. The summed E-state index contributed by atoms with van der Waals surface area (Å²) in [6.07, 6.45) is -1.79. The van der Waals surface area contributed by atoms with Gasteiger partial charge in [-0.2, -0.15) is 22.7 Å². The van der Waals surface area contributed by atoms with Gasteiger partial charge in [-0.25, -0.2) is 9.97 Å². The number of hydrogen-bond donors (Lipinski definition) is 2. The molecule has 3 aromatic heterocycles. The molecule has 0 atom stereocenters. The predicted octanol–water partition coefficient (Wildman–Crippen LogP) is 4.23. The first kappa shape index (κ1) is 35.3. The lowest BCUT2D eigenvalue weighted by Gasteiger charge is -2.36. The third-order valence-electron chi connectivity index (χ3n) is 10.2. The van der Waals surface area contributed by atoms with Crippen LogP contribution in [0.1, 0.15) is 51.1 Å². The molecule has 280 valence electrons. The molecule has 5 aromatic rings. The first-order valence-electron chi connectivity index (χ1n) is 17.4. The second-order valence-corrected chi connectivity index (χ2v) is 13.7. The zero-order chi connectivity index (χ0) is 38.1. The van der Waals surface area contributed by atoms with Crippen molar-refractivity contribution in [3.05, 3.63) is 85.3 Å². The van der Waals surface area contributed by atoms with Crippen LogP contribution in [0.2, 0.25) is 5.02 Å². The van der Waals surface area contributed by atoms with E-state index in [0.717, 1.165) is 22.6 Å². The number of halogens is 4. The number of aromatic hydroxyl groups is 1. The lowest BCUT2D eigenvalue weighted by Crippen LogP contribution is -2.51. The second kappa shape index (κ2) is 13.3. The Labute approximate surface area is 310 Å². The van der Waals surface area contributed by atoms with Gasteiger partial charge in [0, 0.05) is 38.2 Å². The maximum absolute atomic E-state index is 14.4. The summed E-state index contributed by atoms with van der Waals surface area (Å²) in [5.74, 6) is -0.367. The molecule has 54 heavy (non-hydrogen) atoms. The molecule has 2 amide bonds. The molecule has 3 aliphatic rings. The van der Waals surface area contributed by atoms with Crippen LogP contribution in [-0.2, 0) is 43.2 Å². The van der Waals surface area contributed by atoms with Crippen molar-refractivity contribution in [3.8, 4) is 22.9 Å². The van der Waals surface area contributed by atoms with Gasteiger partial charge in [-0.15, -0.1) is 5.10 Å². The average Bonchev–Trinajstić information content (AvgIpc) is 3.79. The number of nitrogens with zero attached hydrogens (tertiary/aromatic N) is 8. The van der Waals surface area contributed by atoms with Gasteiger partial charge in [-0.05, 0) is 55.0 Å². The third-order valence-corrected chi connectivity index (χ3v) is 10.5. The normalized spacial score (nSPS) is 15.1. The number of nitrogens with one attached hydrogen (secondary N) is 1. The minimum atomic E-state index is -4.59. The molecular formula is C36H33ClF3N9O5. The topological polar surface area (TPSA) is 160 Å². The van der Waals surface area contributed by atoms with Crippen molar-refractivity contribution in [2.24, 2.45) is 0 Å². The Morgan fingerprint density at radius 2 is 1.81 bits per heavy atom. The standard InChI is InChI=1S/C36H33ClF3N9O5/c1-3-25-30(46-9-11-47(12-10-46)33(52)29-31(51)18(2)41-17-42-29)34(53)49-35(44-32(45-49)20-5-4-19-8-13-54-26(19)14-20)48(25)16-27(50)43-28-22-7-6-21(22)23(15-24(28)37)36(38,39)40/h4-5,14-15,17,51H,3,6-13,16H2,1-2H3,(H,43,50). The molecule has 18 heteroatoms. The number of aryl methyl sites for hydroxylation is 1. The van der Waals surface area contributed by atoms with Crippen molar-refractivity contribution >= 4 is 40.6 Å². The monoisotopic (exact) mass is 763 g/mol. The largest absolute Gasteiger partial charge is 0.504 e. The third kappa shape index (κ3) is 5.95. The molecule has 0 bridgehead atoms. The molecule has 14 nitrogen and oxygen atoms in total. The van der Waals surface area contributed by atoms with Crippen LogP contribution in [0.5, 0.6) is 11.5 Å². The smallest absolute Gasteiger partial charge is 0.416 e. The van der Waals surface area contributed by atoms with Gasteiger partial charge in [0.1, 0.15) is 24.3 Å². The molecular weight excluding hydrogens is 731 g/mol. The Balaban J connectivity index is 1.16. The quantitative estimate of drug-likeness (QED) is 0.246. The number of aromatic nitrogens is 6. The molecule has 0 radical (unpaired) electrons. The van der Waals surface area contributed by atoms with Gasteiger partial charge in [-0.3, -0.25) is 14.4 Å². The molecule has 5 heterocycles. The summed E-state index contributed by atoms with van der Waals surface area (Å²) in [4.78, 5) is 57.5. The Bertz CT molecular complexity index is 2440. The molecule has 2 aliphatic heterocycles. The van der Waals surface area contributed by atoms with Crippen LogP contribution >= 0.6 is 11.6 Å². The van der Waals surface area contributed by atoms with E-state index in [4.69, 9.17) is 21.3 Å². The zero-order valence-electron chi connectivity index (χ0n) is 29.1. The van der Waals surface area contributed by atoms with Crippen molar-refractivity contribution in [2.75, 3.05) is 43.0 Å². The van der Waals surface area contributed by atoms with E-state index in [-0.39, 0.29) is 96.3 Å². The van der Waals surface area contributed by atoms with Crippen molar-refractivity contribution in [1.29, 1.82) is 0 Å². The number of carbonyl (C=O) groups excluding carboxylic acids is 2. The highest BCUT2D eigenvalue weighted by atomic mass is 35.5. The predicted molar refractivity (Wildman–Crippen MR) is 190 cm³/mol. The maximum atomic E-state index is 14.4. The van der Waals surface area contributed by atoms with Crippen molar-refractivity contribution in [1.82, 2.24) is 34.0 Å². The summed E-state index contributed by atoms with van der Waals surface area (Å²) in [7, 11) is 0. The van der Waals surface area contributed by atoms with Crippen LogP contribution in [0, 0.1) is 6.92 Å². The van der Waals surface area contributed by atoms with E-state index in [0.29, 0.717) is 35.6 Å². The number of ether oxygens (including phenoxy) is 1.